The molecular formula is C14H20N4O2S. The van der Waals surface area contributed by atoms with Crippen molar-refractivity contribution in [2.24, 2.45) is 0 Å². The molecule has 0 aliphatic heterocycles. The fraction of sp³-hybridized carbons (Fsp3) is 0.357. The average Bonchev–Trinajstić information content (AvgIpc) is 2.99. The third-order valence-electron chi connectivity index (χ3n) is 3.23. The summed E-state index contributed by atoms with van der Waals surface area (Å²) in [6.07, 6.45) is 4.22. The molecular weight excluding hydrogens is 288 g/mol. The first-order valence-corrected chi connectivity index (χ1v) is 8.18. The van der Waals surface area contributed by atoms with Crippen molar-refractivity contribution in [2.75, 3.05) is 19.4 Å². The SMILES string of the molecule is CCC(Nc1ccccc1S(=O)(=O)N(C)C)c1ncc[nH]1. The Morgan fingerprint density at radius 2 is 2.05 bits per heavy atom. The number of hydrogen-bond donors (Lipinski definition) is 2. The van der Waals surface area contributed by atoms with E-state index in [1.54, 1.807) is 30.6 Å². The third-order valence-corrected chi connectivity index (χ3v) is 5.11. The van der Waals surface area contributed by atoms with Crippen LogP contribution in [0.4, 0.5) is 5.69 Å². The summed E-state index contributed by atoms with van der Waals surface area (Å²) >= 11 is 0. The van der Waals surface area contributed by atoms with Gasteiger partial charge in [0.05, 0.1) is 11.7 Å². The van der Waals surface area contributed by atoms with Crippen LogP contribution in [0, 0.1) is 0 Å². The van der Waals surface area contributed by atoms with Gasteiger partial charge in [-0.1, -0.05) is 19.1 Å². The van der Waals surface area contributed by atoms with Crippen LogP contribution in [0.3, 0.4) is 0 Å². The molecule has 0 radical (unpaired) electrons. The van der Waals surface area contributed by atoms with Crippen LogP contribution >= 0.6 is 0 Å². The van der Waals surface area contributed by atoms with Crippen molar-refractivity contribution < 1.29 is 8.42 Å². The lowest BCUT2D eigenvalue weighted by Gasteiger charge is -2.20. The van der Waals surface area contributed by atoms with Gasteiger partial charge in [0.25, 0.3) is 0 Å². The molecule has 0 fully saturated rings. The zero-order valence-corrected chi connectivity index (χ0v) is 13.2. The Hall–Kier alpha value is -1.86. The van der Waals surface area contributed by atoms with Crippen LogP contribution in [-0.4, -0.2) is 36.8 Å². The number of H-pyrrole nitrogens is 1. The highest BCUT2D eigenvalue weighted by atomic mass is 32.2. The number of nitrogens with zero attached hydrogens (tertiary/aromatic N) is 2. The van der Waals surface area contributed by atoms with Gasteiger partial charge in [-0.15, -0.1) is 0 Å². The Morgan fingerprint density at radius 1 is 1.33 bits per heavy atom. The maximum Gasteiger partial charge on any atom is 0.244 e. The Bertz CT molecular complexity index is 681. The van der Waals surface area contributed by atoms with Crippen molar-refractivity contribution in [3.05, 3.63) is 42.5 Å². The second-order valence-electron chi connectivity index (χ2n) is 4.86. The van der Waals surface area contributed by atoms with Crippen molar-refractivity contribution in [3.8, 4) is 0 Å². The van der Waals surface area contributed by atoms with Gasteiger partial charge < -0.3 is 10.3 Å². The minimum Gasteiger partial charge on any atom is -0.374 e. The Labute approximate surface area is 125 Å². The molecule has 0 bridgehead atoms. The molecule has 0 saturated heterocycles. The Kier molecular flexibility index (Phi) is 4.64. The molecule has 21 heavy (non-hydrogen) atoms. The number of benzene rings is 1. The Morgan fingerprint density at radius 3 is 2.62 bits per heavy atom. The number of aromatic amines is 1. The minimum absolute atomic E-state index is 0.0708. The van der Waals surface area contributed by atoms with Gasteiger partial charge in [-0.25, -0.2) is 17.7 Å². The van der Waals surface area contributed by atoms with E-state index in [-0.39, 0.29) is 10.9 Å². The molecule has 1 aromatic heterocycles. The molecule has 0 spiro atoms. The molecule has 2 rings (SSSR count). The first kappa shape index (κ1) is 15.5. The van der Waals surface area contributed by atoms with Gasteiger partial charge in [-0.3, -0.25) is 0 Å². The van der Waals surface area contributed by atoms with E-state index in [2.05, 4.69) is 15.3 Å². The Balaban J connectivity index is 2.37. The molecule has 0 aliphatic rings. The van der Waals surface area contributed by atoms with Crippen molar-refractivity contribution in [1.82, 2.24) is 14.3 Å². The van der Waals surface area contributed by atoms with Gasteiger partial charge in [-0.2, -0.15) is 0 Å². The summed E-state index contributed by atoms with van der Waals surface area (Å²) in [6, 6.07) is 6.83. The van der Waals surface area contributed by atoms with Crippen molar-refractivity contribution in [1.29, 1.82) is 0 Å². The first-order valence-electron chi connectivity index (χ1n) is 6.74. The number of aromatic nitrogens is 2. The molecule has 1 atom stereocenters. The molecule has 1 unspecified atom stereocenters. The maximum atomic E-state index is 12.4. The van der Waals surface area contributed by atoms with Crippen molar-refractivity contribution in [2.45, 2.75) is 24.3 Å². The van der Waals surface area contributed by atoms with Gasteiger partial charge in [0.1, 0.15) is 10.7 Å². The van der Waals surface area contributed by atoms with Crippen LogP contribution in [0.5, 0.6) is 0 Å². The molecule has 0 saturated carbocycles. The van der Waals surface area contributed by atoms with Gasteiger partial charge in [-0.05, 0) is 18.6 Å². The zero-order chi connectivity index (χ0) is 15.5. The second-order valence-corrected chi connectivity index (χ2v) is 6.98. The molecule has 1 heterocycles. The van der Waals surface area contributed by atoms with E-state index in [0.29, 0.717) is 5.69 Å². The van der Waals surface area contributed by atoms with Crippen LogP contribution in [0.2, 0.25) is 0 Å². The molecule has 114 valence electrons. The maximum absolute atomic E-state index is 12.4. The minimum atomic E-state index is -3.49. The largest absolute Gasteiger partial charge is 0.374 e. The fourth-order valence-corrected chi connectivity index (χ4v) is 3.08. The molecule has 0 aliphatic carbocycles. The topological polar surface area (TPSA) is 78.1 Å². The average molecular weight is 308 g/mol. The van der Waals surface area contributed by atoms with Gasteiger partial charge in [0, 0.05) is 26.5 Å². The highest BCUT2D eigenvalue weighted by molar-refractivity contribution is 7.89. The summed E-state index contributed by atoms with van der Waals surface area (Å²) in [5, 5.41) is 3.26. The molecule has 0 amide bonds. The van der Waals surface area contributed by atoms with Gasteiger partial charge in [0.15, 0.2) is 0 Å². The quantitative estimate of drug-likeness (QED) is 0.858. The number of hydrogen-bond acceptors (Lipinski definition) is 4. The van der Waals surface area contributed by atoms with Gasteiger partial charge >= 0.3 is 0 Å². The lowest BCUT2D eigenvalue weighted by molar-refractivity contribution is 0.521. The number of rotatable bonds is 6. The van der Waals surface area contributed by atoms with Crippen LogP contribution in [0.1, 0.15) is 25.2 Å². The number of para-hydroxylation sites is 1. The predicted octanol–water partition coefficient (Wildman–Crippen LogP) is 2.22. The van der Waals surface area contributed by atoms with E-state index >= 15 is 0 Å². The zero-order valence-electron chi connectivity index (χ0n) is 12.4. The third kappa shape index (κ3) is 3.25. The summed E-state index contributed by atoms with van der Waals surface area (Å²) < 4.78 is 26.0. The summed E-state index contributed by atoms with van der Waals surface area (Å²) in [5.41, 5.74) is 0.578. The summed E-state index contributed by atoms with van der Waals surface area (Å²) in [6.45, 7) is 2.02. The second kappa shape index (κ2) is 6.28. The normalized spacial score (nSPS) is 13.3. The number of sulfonamides is 1. The summed E-state index contributed by atoms with van der Waals surface area (Å²) in [4.78, 5) is 7.55. The monoisotopic (exact) mass is 308 g/mol. The summed E-state index contributed by atoms with van der Waals surface area (Å²) in [7, 11) is -0.442. The van der Waals surface area contributed by atoms with Crippen LogP contribution in [0.25, 0.3) is 0 Å². The van der Waals surface area contributed by atoms with E-state index in [9.17, 15) is 8.42 Å². The smallest absolute Gasteiger partial charge is 0.244 e. The first-order chi connectivity index (χ1) is 9.96. The summed E-state index contributed by atoms with van der Waals surface area (Å²) in [5.74, 6) is 0.787. The molecule has 2 aromatic rings. The van der Waals surface area contributed by atoms with E-state index in [0.717, 1.165) is 12.2 Å². The molecule has 7 heteroatoms. The van der Waals surface area contributed by atoms with E-state index in [1.807, 2.05) is 13.0 Å². The highest BCUT2D eigenvalue weighted by Crippen LogP contribution is 2.27. The van der Waals surface area contributed by atoms with Crippen molar-refractivity contribution in [3.63, 3.8) is 0 Å². The lowest BCUT2D eigenvalue weighted by Crippen LogP contribution is -2.24. The van der Waals surface area contributed by atoms with Crippen LogP contribution < -0.4 is 5.32 Å². The molecule has 6 nitrogen and oxygen atoms in total. The van der Waals surface area contributed by atoms with Crippen molar-refractivity contribution >= 4 is 15.7 Å². The highest BCUT2D eigenvalue weighted by Gasteiger charge is 2.22. The fourth-order valence-electron chi connectivity index (χ4n) is 2.03. The standard InChI is InChI=1S/C14H20N4O2S/c1-4-11(14-15-9-10-16-14)17-12-7-5-6-8-13(12)21(19,20)18(2)3/h5-11,17H,4H2,1-3H3,(H,15,16). The lowest BCUT2D eigenvalue weighted by atomic mass is 10.2. The van der Waals surface area contributed by atoms with Crippen LogP contribution in [0.15, 0.2) is 41.6 Å². The number of nitrogens with one attached hydrogen (secondary N) is 2. The molecule has 1 aromatic carbocycles. The van der Waals surface area contributed by atoms with E-state index < -0.39 is 10.0 Å². The molecule has 2 N–H and O–H groups in total. The number of imidazole rings is 1. The van der Waals surface area contributed by atoms with E-state index in [1.165, 1.54) is 18.4 Å². The number of anilines is 1. The van der Waals surface area contributed by atoms with E-state index in [4.69, 9.17) is 0 Å². The van der Waals surface area contributed by atoms with Gasteiger partial charge in [0.2, 0.25) is 10.0 Å². The predicted molar refractivity (Wildman–Crippen MR) is 82.6 cm³/mol. The van der Waals surface area contributed by atoms with Crippen LogP contribution in [-0.2, 0) is 10.0 Å².